The minimum atomic E-state index is -3.13. The van der Waals surface area contributed by atoms with Crippen molar-refractivity contribution in [3.05, 3.63) is 330 Å². The van der Waals surface area contributed by atoms with Crippen molar-refractivity contribution >= 4 is 57.6 Å². The number of benzene rings is 11. The molecule has 0 N–H and O–H groups in total. The van der Waals surface area contributed by atoms with Gasteiger partial charge in [-0.25, -0.2) is 0 Å². The van der Waals surface area contributed by atoms with Gasteiger partial charge >= 0.3 is 0 Å². The molecular formula is C68H47NSSi. The maximum atomic E-state index is 2.63. The average Bonchev–Trinajstić information content (AvgIpc) is 3.76. The van der Waals surface area contributed by atoms with Gasteiger partial charge in [0.2, 0.25) is 0 Å². The van der Waals surface area contributed by atoms with Gasteiger partial charge in [-0.05, 0) is 113 Å². The summed E-state index contributed by atoms with van der Waals surface area (Å²) in [6, 6.07) is 108. The van der Waals surface area contributed by atoms with E-state index in [1.54, 1.807) is 0 Å². The molecule has 3 heteroatoms. The number of hydrogen-bond acceptors (Lipinski definition) is 2. The molecule has 0 unspecified atom stereocenters. The van der Waals surface area contributed by atoms with E-state index in [1.807, 2.05) is 11.8 Å². The van der Waals surface area contributed by atoms with Gasteiger partial charge in [-0.1, -0.05) is 254 Å². The van der Waals surface area contributed by atoms with Crippen LogP contribution in [0, 0.1) is 0 Å². The monoisotopic (exact) mass is 937 g/mol. The van der Waals surface area contributed by atoms with Crippen LogP contribution in [0.15, 0.2) is 295 Å². The number of para-hydroxylation sites is 1. The first kappa shape index (κ1) is 41.7. The Morgan fingerprint density at radius 3 is 1.38 bits per heavy atom. The molecule has 1 aliphatic carbocycles. The van der Waals surface area contributed by atoms with Crippen LogP contribution in [-0.2, 0) is 10.8 Å². The van der Waals surface area contributed by atoms with E-state index in [9.17, 15) is 0 Å². The van der Waals surface area contributed by atoms with E-state index in [0.717, 1.165) is 17.1 Å². The fraction of sp³-hybridized carbons (Fsp3) is 0.0294. The minimum Gasteiger partial charge on any atom is -0.310 e. The molecule has 0 aromatic heterocycles. The molecule has 0 saturated heterocycles. The number of fused-ring (bicyclic) bond motifs is 11. The van der Waals surface area contributed by atoms with E-state index in [1.165, 1.54) is 86.2 Å². The molecule has 11 aromatic rings. The average molecular weight is 938 g/mol. The smallest absolute Gasteiger partial charge is 0.180 e. The van der Waals surface area contributed by atoms with Gasteiger partial charge in [-0.15, -0.1) is 0 Å². The van der Waals surface area contributed by atoms with Gasteiger partial charge in [0, 0.05) is 26.7 Å². The van der Waals surface area contributed by atoms with Crippen molar-refractivity contribution in [3.63, 3.8) is 0 Å². The second kappa shape index (κ2) is 16.5. The molecule has 1 nitrogen and oxygen atoms in total. The molecule has 1 spiro atoms. The molecule has 0 radical (unpaired) electrons. The Kier molecular flexibility index (Phi) is 9.67. The Balaban J connectivity index is 1.13. The highest BCUT2D eigenvalue weighted by Gasteiger charge is 2.57. The molecule has 14 rings (SSSR count). The normalized spacial score (nSPS) is 14.8. The van der Waals surface area contributed by atoms with Crippen LogP contribution < -0.4 is 25.6 Å². The summed E-state index contributed by atoms with van der Waals surface area (Å²) >= 11 is 1.90. The molecule has 0 saturated carbocycles. The van der Waals surface area contributed by atoms with Crippen LogP contribution >= 0.6 is 11.8 Å². The van der Waals surface area contributed by atoms with Gasteiger partial charge in [0.25, 0.3) is 0 Å². The highest BCUT2D eigenvalue weighted by molar-refractivity contribution is 7.99. The summed E-state index contributed by atoms with van der Waals surface area (Å²) in [6.07, 6.45) is 0. The highest BCUT2D eigenvalue weighted by Crippen LogP contribution is 2.60. The molecule has 71 heavy (non-hydrogen) atoms. The van der Waals surface area contributed by atoms with Crippen molar-refractivity contribution < 1.29 is 0 Å². The van der Waals surface area contributed by atoms with Crippen molar-refractivity contribution in [1.82, 2.24) is 0 Å². The first-order chi connectivity index (χ1) is 35.2. The first-order valence-corrected chi connectivity index (χ1v) is 27.5. The molecule has 0 bridgehead atoms. The molecule has 2 aliphatic heterocycles. The van der Waals surface area contributed by atoms with Gasteiger partial charge in [-0.2, -0.15) is 0 Å². The van der Waals surface area contributed by atoms with Crippen molar-refractivity contribution in [2.45, 2.75) is 20.6 Å². The van der Waals surface area contributed by atoms with Gasteiger partial charge < -0.3 is 4.90 Å². The van der Waals surface area contributed by atoms with Crippen LogP contribution in [0.5, 0.6) is 0 Å². The van der Waals surface area contributed by atoms with E-state index in [0.29, 0.717) is 0 Å². The van der Waals surface area contributed by atoms with Crippen LogP contribution in [0.4, 0.5) is 17.1 Å². The Hall–Kier alpha value is -8.21. The van der Waals surface area contributed by atoms with Gasteiger partial charge in [0.1, 0.15) is 0 Å². The Bertz CT molecular complexity index is 3670. The fourth-order valence-corrected chi connectivity index (χ4v) is 19.6. The minimum absolute atomic E-state index is 0.540. The molecule has 0 atom stereocenters. The number of rotatable bonds is 7. The molecule has 11 aromatic carbocycles. The second-order valence-electron chi connectivity index (χ2n) is 19.0. The summed E-state index contributed by atoms with van der Waals surface area (Å²) in [5.41, 5.74) is 15.3. The van der Waals surface area contributed by atoms with Crippen molar-refractivity contribution in [3.8, 4) is 11.1 Å². The van der Waals surface area contributed by atoms with E-state index in [-0.39, 0.29) is 0 Å². The summed E-state index contributed by atoms with van der Waals surface area (Å²) in [7, 11) is -3.13. The van der Waals surface area contributed by atoms with Crippen molar-refractivity contribution in [2.75, 3.05) is 4.90 Å². The topological polar surface area (TPSA) is 3.24 Å². The molecule has 0 amide bonds. The number of anilines is 3. The Morgan fingerprint density at radius 2 is 0.775 bits per heavy atom. The third-order valence-corrected chi connectivity index (χ3v) is 21.8. The Labute approximate surface area is 421 Å². The van der Waals surface area contributed by atoms with E-state index in [4.69, 9.17) is 0 Å². The largest absolute Gasteiger partial charge is 0.310 e. The summed E-state index contributed by atoms with van der Waals surface area (Å²) in [5, 5.41) is 5.57. The summed E-state index contributed by atoms with van der Waals surface area (Å²) < 4.78 is 0. The maximum Gasteiger partial charge on any atom is 0.180 e. The molecule has 3 aliphatic rings. The SMILES string of the molecule is c1ccc(N(c2ccc3c(c2)[Si](c2ccccc2)(c2ccccc2)c2ccccc2C32c3ccccc3Sc3ccccc32)c2cccc3c2-c2ccccc2C3(c2ccccc2)c2ccccc2)cc1. The van der Waals surface area contributed by atoms with E-state index in [2.05, 4.69) is 290 Å². The first-order valence-electron chi connectivity index (χ1n) is 24.7. The van der Waals surface area contributed by atoms with Crippen molar-refractivity contribution in [1.29, 1.82) is 0 Å². The third kappa shape index (κ3) is 5.82. The molecule has 0 fully saturated rings. The zero-order valence-corrected chi connectivity index (χ0v) is 40.8. The van der Waals surface area contributed by atoms with Crippen LogP contribution in [0.2, 0.25) is 0 Å². The van der Waals surface area contributed by atoms with Crippen LogP contribution in [0.3, 0.4) is 0 Å². The Morgan fingerprint density at radius 1 is 0.310 bits per heavy atom. The molecular weight excluding hydrogens is 891 g/mol. The van der Waals surface area contributed by atoms with Crippen LogP contribution in [0.25, 0.3) is 11.1 Å². The third-order valence-electron chi connectivity index (χ3n) is 15.7. The van der Waals surface area contributed by atoms with E-state index >= 15 is 0 Å². The molecule has 2 heterocycles. The lowest BCUT2D eigenvalue weighted by Crippen LogP contribution is -2.79. The molecule has 334 valence electrons. The lowest BCUT2D eigenvalue weighted by molar-refractivity contribution is 0.707. The highest BCUT2D eigenvalue weighted by atomic mass is 32.2. The fourth-order valence-electron chi connectivity index (χ4n) is 13.1. The van der Waals surface area contributed by atoms with Gasteiger partial charge in [0.05, 0.1) is 16.5 Å². The van der Waals surface area contributed by atoms with Crippen molar-refractivity contribution in [2.24, 2.45) is 0 Å². The lowest BCUT2D eigenvalue weighted by atomic mass is 9.64. The lowest BCUT2D eigenvalue weighted by Gasteiger charge is -2.52. The quantitative estimate of drug-likeness (QED) is 0.147. The summed E-state index contributed by atoms with van der Waals surface area (Å²) in [5.74, 6) is 0. The predicted molar refractivity (Wildman–Crippen MR) is 298 cm³/mol. The zero-order valence-electron chi connectivity index (χ0n) is 39.0. The summed E-state index contributed by atoms with van der Waals surface area (Å²) in [4.78, 5) is 5.16. The van der Waals surface area contributed by atoms with Crippen LogP contribution in [-0.4, -0.2) is 8.07 Å². The number of hydrogen-bond donors (Lipinski definition) is 0. The maximum absolute atomic E-state index is 3.13. The second-order valence-corrected chi connectivity index (χ2v) is 23.8. The van der Waals surface area contributed by atoms with Gasteiger partial charge in [-0.3, -0.25) is 0 Å². The van der Waals surface area contributed by atoms with E-state index < -0.39 is 18.9 Å². The van der Waals surface area contributed by atoms with Crippen LogP contribution in [0.1, 0.15) is 44.5 Å². The zero-order chi connectivity index (χ0) is 47.0. The standard InChI is InChI=1S/C68H47NSSi/c1-6-25-48(26-7-1)67(49-27-8-2-9-28-49)55-36-17-16-35-54(55)66-60(67)40-24-41-61(66)69(50-29-10-3-11-30-50)51-45-46-59-65(47-51)71(52-31-12-4-13-32-52,53-33-14-5-15-34-53)64-44-23-20-39-58(64)68(59)56-37-18-21-42-62(56)70-63-43-22-19-38-57(63)68/h1-47H. The predicted octanol–water partition coefficient (Wildman–Crippen LogP) is 14.1. The number of nitrogens with zero attached hydrogens (tertiary/aromatic N) is 1. The van der Waals surface area contributed by atoms with Gasteiger partial charge in [0.15, 0.2) is 8.07 Å². The summed E-state index contributed by atoms with van der Waals surface area (Å²) in [6.45, 7) is 0.